The van der Waals surface area contributed by atoms with Crippen molar-refractivity contribution in [1.82, 2.24) is 15.4 Å². The van der Waals surface area contributed by atoms with Crippen LogP contribution in [0.1, 0.15) is 30.1 Å². The molecule has 1 aliphatic rings. The molecule has 0 aromatic heterocycles. The number of hydrogen-bond donors (Lipinski definition) is 3. The van der Waals surface area contributed by atoms with Gasteiger partial charge in [-0.05, 0) is 38.0 Å². The maximum absolute atomic E-state index is 12.3. The van der Waals surface area contributed by atoms with E-state index in [2.05, 4.69) is 15.4 Å². The van der Waals surface area contributed by atoms with Gasteiger partial charge in [0.25, 0.3) is 5.91 Å². The third-order valence-corrected chi connectivity index (χ3v) is 4.96. The number of carbonyl (C=O) groups is 2. The van der Waals surface area contributed by atoms with Gasteiger partial charge in [-0.15, -0.1) is 0 Å². The van der Waals surface area contributed by atoms with Gasteiger partial charge < -0.3 is 15.4 Å². The average molecular weight is 369 g/mol. The highest BCUT2D eigenvalue weighted by atomic mass is 32.2. The van der Waals surface area contributed by atoms with Crippen LogP contribution in [-0.4, -0.2) is 52.6 Å². The molecule has 25 heavy (non-hydrogen) atoms. The van der Waals surface area contributed by atoms with E-state index in [1.807, 2.05) is 0 Å². The molecule has 3 N–H and O–H groups in total. The van der Waals surface area contributed by atoms with Crippen molar-refractivity contribution in [1.29, 1.82) is 0 Å². The molecule has 1 aromatic carbocycles. The summed E-state index contributed by atoms with van der Waals surface area (Å²) in [5.41, 5.74) is 0.216. The van der Waals surface area contributed by atoms with Crippen molar-refractivity contribution in [2.24, 2.45) is 0 Å². The lowest BCUT2D eigenvalue weighted by atomic mass is 10.2. The van der Waals surface area contributed by atoms with Gasteiger partial charge in [0.1, 0.15) is 0 Å². The van der Waals surface area contributed by atoms with E-state index >= 15 is 0 Å². The summed E-state index contributed by atoms with van der Waals surface area (Å²) < 4.78 is 31.8. The Hall–Kier alpha value is -1.97. The highest BCUT2D eigenvalue weighted by Crippen LogP contribution is 2.18. The van der Waals surface area contributed by atoms with E-state index in [1.165, 1.54) is 31.4 Å². The molecule has 0 saturated heterocycles. The molecule has 0 heterocycles. The quantitative estimate of drug-likeness (QED) is 0.567. The lowest BCUT2D eigenvalue weighted by molar-refractivity contribution is -0.120. The average Bonchev–Trinajstić information content (AvgIpc) is 3.37. The Bertz CT molecular complexity index is 731. The van der Waals surface area contributed by atoms with E-state index in [1.54, 1.807) is 6.92 Å². The Morgan fingerprint density at radius 1 is 1.32 bits per heavy atom. The normalized spacial score (nSPS) is 15.4. The minimum Gasteiger partial charge on any atom is -0.383 e. The molecule has 2 rings (SSSR count). The lowest BCUT2D eigenvalue weighted by Crippen LogP contribution is -2.38. The van der Waals surface area contributed by atoms with Crippen LogP contribution < -0.4 is 15.4 Å². The van der Waals surface area contributed by atoms with Crippen molar-refractivity contribution in [3.05, 3.63) is 29.8 Å². The summed E-state index contributed by atoms with van der Waals surface area (Å²) in [6, 6.07) is 5.61. The minimum absolute atomic E-state index is 0.0706. The fourth-order valence-electron chi connectivity index (χ4n) is 2.15. The van der Waals surface area contributed by atoms with Crippen molar-refractivity contribution < 1.29 is 22.7 Å². The van der Waals surface area contributed by atoms with Crippen LogP contribution in [0, 0.1) is 0 Å². The summed E-state index contributed by atoms with van der Waals surface area (Å²) in [5.74, 6) is -0.763. The third-order valence-electron chi connectivity index (χ3n) is 3.57. The van der Waals surface area contributed by atoms with Crippen molar-refractivity contribution in [3.63, 3.8) is 0 Å². The van der Waals surface area contributed by atoms with E-state index in [-0.39, 0.29) is 35.0 Å². The number of hydrogen-bond acceptors (Lipinski definition) is 5. The maximum atomic E-state index is 12.3. The molecule has 1 fully saturated rings. The second-order valence-electron chi connectivity index (χ2n) is 6.02. The molecule has 0 aliphatic heterocycles. The number of sulfonamides is 1. The summed E-state index contributed by atoms with van der Waals surface area (Å²) in [4.78, 5) is 23.7. The number of benzene rings is 1. The van der Waals surface area contributed by atoms with Gasteiger partial charge in [-0.2, -0.15) is 0 Å². The van der Waals surface area contributed by atoms with Crippen LogP contribution in [0.15, 0.2) is 29.2 Å². The summed E-state index contributed by atoms with van der Waals surface area (Å²) in [6.07, 6.45) is 1.86. The molecule has 0 radical (unpaired) electrons. The van der Waals surface area contributed by atoms with Crippen LogP contribution in [0.5, 0.6) is 0 Å². The fourth-order valence-corrected chi connectivity index (χ4v) is 3.18. The van der Waals surface area contributed by atoms with Crippen LogP contribution in [0.3, 0.4) is 0 Å². The van der Waals surface area contributed by atoms with E-state index in [0.717, 1.165) is 12.8 Å². The number of nitrogens with one attached hydrogen (secondary N) is 3. The molecule has 1 aromatic rings. The smallest absolute Gasteiger partial charge is 0.251 e. The van der Waals surface area contributed by atoms with Crippen molar-refractivity contribution in [2.45, 2.75) is 36.7 Å². The standard InChI is InChI=1S/C16H23N3O5S/c1-11(10-24-2)18-16(21)12-4-3-5-14(8-12)25(22,23)17-9-15(20)19-13-6-7-13/h3-5,8,11,13,17H,6-7,9-10H2,1-2H3,(H,18,21)(H,19,20)/t11-/m0/s1. The predicted octanol–water partition coefficient (Wildman–Crippen LogP) is 0.00820. The zero-order valence-corrected chi connectivity index (χ0v) is 15.1. The molecule has 138 valence electrons. The Labute approximate surface area is 147 Å². The summed E-state index contributed by atoms with van der Waals surface area (Å²) in [7, 11) is -2.35. The van der Waals surface area contributed by atoms with Crippen molar-refractivity contribution in [3.8, 4) is 0 Å². The first-order valence-corrected chi connectivity index (χ1v) is 9.49. The highest BCUT2D eigenvalue weighted by molar-refractivity contribution is 7.89. The van der Waals surface area contributed by atoms with Crippen LogP contribution in [0.2, 0.25) is 0 Å². The topological polar surface area (TPSA) is 114 Å². The number of amides is 2. The summed E-state index contributed by atoms with van der Waals surface area (Å²) in [5, 5.41) is 5.41. The molecule has 0 bridgehead atoms. The van der Waals surface area contributed by atoms with Crippen LogP contribution >= 0.6 is 0 Å². The molecule has 9 heteroatoms. The first-order valence-electron chi connectivity index (χ1n) is 8.00. The van der Waals surface area contributed by atoms with Gasteiger partial charge in [0.05, 0.1) is 18.0 Å². The van der Waals surface area contributed by atoms with Gasteiger partial charge in [0.2, 0.25) is 15.9 Å². The van der Waals surface area contributed by atoms with Crippen molar-refractivity contribution >= 4 is 21.8 Å². The Morgan fingerprint density at radius 3 is 2.68 bits per heavy atom. The largest absolute Gasteiger partial charge is 0.383 e. The highest BCUT2D eigenvalue weighted by Gasteiger charge is 2.24. The number of methoxy groups -OCH3 is 1. The van der Waals surface area contributed by atoms with E-state index < -0.39 is 15.9 Å². The molecule has 0 spiro atoms. The van der Waals surface area contributed by atoms with E-state index in [4.69, 9.17) is 4.74 Å². The number of ether oxygens (including phenoxy) is 1. The number of carbonyl (C=O) groups excluding carboxylic acids is 2. The first-order chi connectivity index (χ1) is 11.8. The van der Waals surface area contributed by atoms with Crippen LogP contribution in [-0.2, 0) is 19.6 Å². The van der Waals surface area contributed by atoms with Crippen LogP contribution in [0.4, 0.5) is 0 Å². The SMILES string of the molecule is COC[C@H](C)NC(=O)c1cccc(S(=O)(=O)NCC(=O)NC2CC2)c1. The molecule has 2 amide bonds. The molecule has 1 saturated carbocycles. The second kappa shape index (κ2) is 8.41. The Kier molecular flexibility index (Phi) is 6.51. The van der Waals surface area contributed by atoms with Crippen molar-refractivity contribution in [2.75, 3.05) is 20.3 Å². The molecular weight excluding hydrogens is 346 g/mol. The second-order valence-corrected chi connectivity index (χ2v) is 7.79. The van der Waals surface area contributed by atoms with Gasteiger partial charge in [0, 0.05) is 24.8 Å². The fraction of sp³-hybridized carbons (Fsp3) is 0.500. The van der Waals surface area contributed by atoms with E-state index in [9.17, 15) is 18.0 Å². The maximum Gasteiger partial charge on any atom is 0.251 e. The van der Waals surface area contributed by atoms with E-state index in [0.29, 0.717) is 6.61 Å². The lowest BCUT2D eigenvalue weighted by Gasteiger charge is -2.13. The Morgan fingerprint density at radius 2 is 2.04 bits per heavy atom. The predicted molar refractivity (Wildman–Crippen MR) is 91.6 cm³/mol. The van der Waals surface area contributed by atoms with Gasteiger partial charge in [-0.25, -0.2) is 13.1 Å². The molecular formula is C16H23N3O5S. The molecule has 1 aliphatic carbocycles. The summed E-state index contributed by atoms with van der Waals surface area (Å²) in [6.45, 7) is 1.80. The van der Waals surface area contributed by atoms with Crippen LogP contribution in [0.25, 0.3) is 0 Å². The zero-order chi connectivity index (χ0) is 18.4. The molecule has 8 nitrogen and oxygen atoms in total. The summed E-state index contributed by atoms with van der Waals surface area (Å²) >= 11 is 0. The number of rotatable bonds is 9. The molecule has 0 unspecified atom stereocenters. The van der Waals surface area contributed by atoms with Gasteiger partial charge in [-0.3, -0.25) is 9.59 Å². The Balaban J connectivity index is 2.00. The minimum atomic E-state index is -3.88. The third kappa shape index (κ3) is 6.11. The van der Waals surface area contributed by atoms with Gasteiger partial charge in [-0.1, -0.05) is 6.07 Å². The van der Waals surface area contributed by atoms with Gasteiger partial charge in [0.15, 0.2) is 0 Å². The monoisotopic (exact) mass is 369 g/mol. The zero-order valence-electron chi connectivity index (χ0n) is 14.2. The first kappa shape index (κ1) is 19.4. The van der Waals surface area contributed by atoms with Gasteiger partial charge >= 0.3 is 0 Å². The molecule has 1 atom stereocenters.